The van der Waals surface area contributed by atoms with Gasteiger partial charge in [0.1, 0.15) is 19.0 Å². The fourth-order valence-corrected chi connectivity index (χ4v) is 1.18. The first-order valence-electron chi connectivity index (χ1n) is 2.91. The molecule has 1 N–H and O–H groups in total. The van der Waals surface area contributed by atoms with Crippen LogP contribution < -0.4 is 5.32 Å². The molecule has 2 aliphatic rings. The summed E-state index contributed by atoms with van der Waals surface area (Å²) in [5.74, 6) is 0. The number of nitrogens with one attached hydrogen (secondary N) is 1. The minimum absolute atomic E-state index is 0. The van der Waals surface area contributed by atoms with Crippen LogP contribution in [-0.4, -0.2) is 32.1 Å². The zero-order valence-electron chi connectivity index (χ0n) is 5.00. The van der Waals surface area contributed by atoms with Crippen molar-refractivity contribution in [2.75, 3.05) is 19.9 Å². The smallest absolute Gasteiger partial charge is 0.147 e. The molecule has 9 heavy (non-hydrogen) atoms. The zero-order chi connectivity index (χ0) is 5.40. The van der Waals surface area contributed by atoms with Gasteiger partial charge < -0.3 is 14.8 Å². The van der Waals surface area contributed by atoms with Crippen molar-refractivity contribution in [2.45, 2.75) is 12.2 Å². The molecule has 0 bridgehead atoms. The van der Waals surface area contributed by atoms with E-state index in [1.165, 1.54) is 0 Å². The van der Waals surface area contributed by atoms with E-state index in [0.29, 0.717) is 19.0 Å². The third-order valence-corrected chi connectivity index (χ3v) is 1.67. The highest BCUT2D eigenvalue weighted by atomic mass is 35.5. The Morgan fingerprint density at radius 3 is 2.22 bits per heavy atom. The van der Waals surface area contributed by atoms with Crippen LogP contribution in [0.3, 0.4) is 0 Å². The molecule has 0 aromatic rings. The van der Waals surface area contributed by atoms with Crippen LogP contribution in [0.4, 0.5) is 0 Å². The summed E-state index contributed by atoms with van der Waals surface area (Å²) in [4.78, 5) is 0. The summed E-state index contributed by atoms with van der Waals surface area (Å²) in [6.07, 6.45) is 0.685. The second kappa shape index (κ2) is 2.84. The maximum Gasteiger partial charge on any atom is 0.147 e. The number of hydrogen-bond acceptors (Lipinski definition) is 3. The Kier molecular flexibility index (Phi) is 2.29. The van der Waals surface area contributed by atoms with E-state index in [1.807, 2.05) is 0 Å². The second-order valence-electron chi connectivity index (χ2n) is 2.19. The number of halogens is 1. The Morgan fingerprint density at radius 1 is 1.11 bits per heavy atom. The van der Waals surface area contributed by atoms with E-state index in [2.05, 4.69) is 5.32 Å². The molecule has 2 saturated heterocycles. The summed E-state index contributed by atoms with van der Waals surface area (Å²) in [5.41, 5.74) is 0. The highest BCUT2D eigenvalue weighted by Gasteiger charge is 2.33. The first kappa shape index (κ1) is 7.28. The van der Waals surface area contributed by atoms with Crippen molar-refractivity contribution in [1.82, 2.24) is 5.32 Å². The van der Waals surface area contributed by atoms with Gasteiger partial charge in [0.15, 0.2) is 0 Å². The predicted molar refractivity (Wildman–Crippen MR) is 34.7 cm³/mol. The molecular weight excluding hydrogens is 142 g/mol. The lowest BCUT2D eigenvalue weighted by atomic mass is 10.3. The quantitative estimate of drug-likeness (QED) is 0.518. The molecule has 0 spiro atoms. The van der Waals surface area contributed by atoms with Crippen molar-refractivity contribution in [3.63, 3.8) is 0 Å². The van der Waals surface area contributed by atoms with Gasteiger partial charge in [0, 0.05) is 13.1 Å². The predicted octanol–water partition coefficient (Wildman–Crippen LogP) is -0.247. The lowest BCUT2D eigenvalue weighted by Gasteiger charge is -2.00. The molecule has 2 unspecified atom stereocenters. The molecule has 2 atom stereocenters. The van der Waals surface area contributed by atoms with Gasteiger partial charge in [0.2, 0.25) is 0 Å². The third kappa shape index (κ3) is 1.19. The number of ether oxygens (including phenoxy) is 2. The SMILES string of the molecule is C1OC2CNCC2O1.Cl. The van der Waals surface area contributed by atoms with Gasteiger partial charge in [-0.25, -0.2) is 0 Å². The second-order valence-corrected chi connectivity index (χ2v) is 2.19. The Morgan fingerprint density at radius 2 is 1.67 bits per heavy atom. The van der Waals surface area contributed by atoms with Gasteiger partial charge in [-0.1, -0.05) is 0 Å². The Hall–Kier alpha value is 0.170. The average Bonchev–Trinajstić information content (AvgIpc) is 2.15. The van der Waals surface area contributed by atoms with Crippen LogP contribution in [0.25, 0.3) is 0 Å². The normalized spacial score (nSPS) is 40.0. The zero-order valence-corrected chi connectivity index (χ0v) is 5.82. The molecule has 2 fully saturated rings. The Bertz CT molecular complexity index is 81.0. The van der Waals surface area contributed by atoms with Crippen LogP contribution in [0.5, 0.6) is 0 Å². The van der Waals surface area contributed by atoms with Gasteiger partial charge in [-0.3, -0.25) is 0 Å². The molecule has 0 aliphatic carbocycles. The maximum atomic E-state index is 5.19. The van der Waals surface area contributed by atoms with Crippen LogP contribution in [0.1, 0.15) is 0 Å². The highest BCUT2D eigenvalue weighted by molar-refractivity contribution is 5.85. The topological polar surface area (TPSA) is 30.5 Å². The lowest BCUT2D eigenvalue weighted by Crippen LogP contribution is -2.18. The van der Waals surface area contributed by atoms with Gasteiger partial charge in [0.25, 0.3) is 0 Å². The molecule has 54 valence electrons. The first-order valence-corrected chi connectivity index (χ1v) is 2.91. The third-order valence-electron chi connectivity index (χ3n) is 1.67. The molecule has 3 nitrogen and oxygen atoms in total. The fraction of sp³-hybridized carbons (Fsp3) is 1.00. The van der Waals surface area contributed by atoms with Gasteiger partial charge in [-0.15, -0.1) is 12.4 Å². The van der Waals surface area contributed by atoms with E-state index >= 15 is 0 Å². The molecule has 0 aromatic carbocycles. The molecule has 0 saturated carbocycles. The summed E-state index contributed by atoms with van der Waals surface area (Å²) in [6.45, 7) is 2.42. The van der Waals surface area contributed by atoms with Crippen LogP contribution >= 0.6 is 12.4 Å². The van der Waals surface area contributed by atoms with E-state index in [0.717, 1.165) is 13.1 Å². The summed E-state index contributed by atoms with van der Waals surface area (Å²) >= 11 is 0. The molecule has 2 rings (SSSR count). The number of fused-ring (bicyclic) bond motifs is 1. The van der Waals surface area contributed by atoms with Gasteiger partial charge >= 0.3 is 0 Å². The maximum absolute atomic E-state index is 5.19. The minimum atomic E-state index is 0. The highest BCUT2D eigenvalue weighted by Crippen LogP contribution is 2.15. The van der Waals surface area contributed by atoms with Gasteiger partial charge in [-0.05, 0) is 0 Å². The summed E-state index contributed by atoms with van der Waals surface area (Å²) < 4.78 is 10.4. The van der Waals surface area contributed by atoms with E-state index in [4.69, 9.17) is 9.47 Å². The summed E-state index contributed by atoms with van der Waals surface area (Å²) in [5, 5.41) is 3.17. The van der Waals surface area contributed by atoms with Crippen LogP contribution in [0.15, 0.2) is 0 Å². The summed E-state index contributed by atoms with van der Waals surface area (Å²) in [7, 11) is 0. The van der Waals surface area contributed by atoms with Crippen LogP contribution in [0.2, 0.25) is 0 Å². The molecule has 0 amide bonds. The Labute approximate surface area is 60.1 Å². The first-order chi connectivity index (χ1) is 3.97. The van der Waals surface area contributed by atoms with E-state index in [-0.39, 0.29) is 12.4 Å². The lowest BCUT2D eigenvalue weighted by molar-refractivity contribution is 0.0324. The van der Waals surface area contributed by atoms with Gasteiger partial charge in [0.05, 0.1) is 0 Å². The van der Waals surface area contributed by atoms with E-state index in [9.17, 15) is 0 Å². The molecule has 0 radical (unpaired) electrons. The van der Waals surface area contributed by atoms with Crippen molar-refractivity contribution < 1.29 is 9.47 Å². The molecule has 2 heterocycles. The van der Waals surface area contributed by atoms with Crippen LogP contribution in [0, 0.1) is 0 Å². The Balaban J connectivity index is 0.000000405. The molecule has 4 heteroatoms. The standard InChI is InChI=1S/C5H9NO2.ClH/c1-4-5(2-6-1)8-3-7-4;/h4-6H,1-3H2;1H. The van der Waals surface area contributed by atoms with Gasteiger partial charge in [-0.2, -0.15) is 0 Å². The molecule has 2 aliphatic heterocycles. The summed E-state index contributed by atoms with van der Waals surface area (Å²) in [6, 6.07) is 0. The molecular formula is C5H10ClNO2. The monoisotopic (exact) mass is 151 g/mol. The minimum Gasteiger partial charge on any atom is -0.348 e. The van der Waals surface area contributed by atoms with Crippen molar-refractivity contribution >= 4 is 12.4 Å². The van der Waals surface area contributed by atoms with Crippen molar-refractivity contribution in [1.29, 1.82) is 0 Å². The molecule has 0 aromatic heterocycles. The average molecular weight is 152 g/mol. The van der Waals surface area contributed by atoms with Crippen molar-refractivity contribution in [2.24, 2.45) is 0 Å². The van der Waals surface area contributed by atoms with E-state index < -0.39 is 0 Å². The number of hydrogen-bond donors (Lipinski definition) is 1. The van der Waals surface area contributed by atoms with Crippen molar-refractivity contribution in [3.05, 3.63) is 0 Å². The van der Waals surface area contributed by atoms with Crippen molar-refractivity contribution in [3.8, 4) is 0 Å². The fourth-order valence-electron chi connectivity index (χ4n) is 1.18. The van der Waals surface area contributed by atoms with E-state index in [1.54, 1.807) is 0 Å². The largest absolute Gasteiger partial charge is 0.348 e. The van der Waals surface area contributed by atoms with Crippen LogP contribution in [-0.2, 0) is 9.47 Å². The number of rotatable bonds is 0.